The van der Waals surface area contributed by atoms with E-state index in [2.05, 4.69) is 19.2 Å². The molecule has 15 heavy (non-hydrogen) atoms. The number of nitrogens with one attached hydrogen (secondary N) is 1. The SMILES string of the molecule is CCC(O)(CC)CNC(=O)C1CC1(C)C. The van der Waals surface area contributed by atoms with Gasteiger partial charge in [-0.25, -0.2) is 0 Å². The molecule has 3 nitrogen and oxygen atoms in total. The molecule has 1 fully saturated rings. The van der Waals surface area contributed by atoms with E-state index in [1.165, 1.54) is 0 Å². The maximum atomic E-state index is 11.7. The summed E-state index contributed by atoms with van der Waals surface area (Å²) in [6.07, 6.45) is 2.32. The highest BCUT2D eigenvalue weighted by atomic mass is 16.3. The van der Waals surface area contributed by atoms with E-state index in [-0.39, 0.29) is 17.2 Å². The minimum Gasteiger partial charge on any atom is -0.388 e. The van der Waals surface area contributed by atoms with Crippen molar-refractivity contribution in [3.63, 3.8) is 0 Å². The van der Waals surface area contributed by atoms with Gasteiger partial charge in [0.25, 0.3) is 0 Å². The van der Waals surface area contributed by atoms with E-state index in [0.717, 1.165) is 6.42 Å². The van der Waals surface area contributed by atoms with Crippen LogP contribution in [0, 0.1) is 11.3 Å². The van der Waals surface area contributed by atoms with E-state index in [9.17, 15) is 9.90 Å². The summed E-state index contributed by atoms with van der Waals surface area (Å²) < 4.78 is 0. The van der Waals surface area contributed by atoms with Crippen LogP contribution in [-0.2, 0) is 4.79 Å². The Bertz CT molecular complexity index is 244. The lowest BCUT2D eigenvalue weighted by Gasteiger charge is -2.25. The van der Waals surface area contributed by atoms with Gasteiger partial charge in [-0.1, -0.05) is 27.7 Å². The van der Waals surface area contributed by atoms with E-state index in [1.807, 2.05) is 13.8 Å². The Balaban J connectivity index is 2.35. The summed E-state index contributed by atoms with van der Waals surface area (Å²) >= 11 is 0. The lowest BCUT2D eigenvalue weighted by atomic mass is 9.97. The Hall–Kier alpha value is -0.570. The van der Waals surface area contributed by atoms with Gasteiger partial charge in [-0.05, 0) is 24.7 Å². The third-order valence-electron chi connectivity index (χ3n) is 3.74. The van der Waals surface area contributed by atoms with Gasteiger partial charge in [0.1, 0.15) is 0 Å². The molecule has 1 unspecified atom stereocenters. The van der Waals surface area contributed by atoms with Crippen molar-refractivity contribution in [3.05, 3.63) is 0 Å². The first-order valence-corrected chi connectivity index (χ1v) is 5.85. The molecular weight excluding hydrogens is 190 g/mol. The van der Waals surface area contributed by atoms with E-state index in [0.29, 0.717) is 19.4 Å². The second kappa shape index (κ2) is 4.12. The van der Waals surface area contributed by atoms with Gasteiger partial charge < -0.3 is 10.4 Å². The molecule has 88 valence electrons. The van der Waals surface area contributed by atoms with Crippen LogP contribution in [0.15, 0.2) is 0 Å². The largest absolute Gasteiger partial charge is 0.388 e. The molecule has 1 rings (SSSR count). The van der Waals surface area contributed by atoms with E-state index in [1.54, 1.807) is 0 Å². The molecule has 1 saturated carbocycles. The van der Waals surface area contributed by atoms with Crippen molar-refractivity contribution < 1.29 is 9.90 Å². The molecule has 1 amide bonds. The van der Waals surface area contributed by atoms with Crippen molar-refractivity contribution in [2.75, 3.05) is 6.54 Å². The zero-order valence-electron chi connectivity index (χ0n) is 10.3. The Morgan fingerprint density at radius 3 is 2.27 bits per heavy atom. The molecule has 0 aromatic carbocycles. The van der Waals surface area contributed by atoms with Crippen molar-refractivity contribution in [2.45, 2.75) is 52.6 Å². The van der Waals surface area contributed by atoms with Crippen LogP contribution in [0.2, 0.25) is 0 Å². The highest BCUT2D eigenvalue weighted by Gasteiger charge is 2.50. The molecule has 0 aromatic rings. The van der Waals surface area contributed by atoms with Crippen LogP contribution in [-0.4, -0.2) is 23.2 Å². The third kappa shape index (κ3) is 2.94. The molecule has 1 aliphatic carbocycles. The molecule has 0 spiro atoms. The normalized spacial score (nSPS) is 23.7. The third-order valence-corrected chi connectivity index (χ3v) is 3.74. The van der Waals surface area contributed by atoms with Gasteiger partial charge in [-0.2, -0.15) is 0 Å². The van der Waals surface area contributed by atoms with Crippen LogP contribution in [0.3, 0.4) is 0 Å². The molecule has 0 saturated heterocycles. The summed E-state index contributed by atoms with van der Waals surface area (Å²) in [4.78, 5) is 11.7. The van der Waals surface area contributed by atoms with Crippen molar-refractivity contribution in [2.24, 2.45) is 11.3 Å². The molecule has 0 radical (unpaired) electrons. The zero-order chi connectivity index (χ0) is 11.7. The fraction of sp³-hybridized carbons (Fsp3) is 0.917. The van der Waals surface area contributed by atoms with Gasteiger partial charge in [0, 0.05) is 12.5 Å². The van der Waals surface area contributed by atoms with Gasteiger partial charge in [-0.3, -0.25) is 4.79 Å². The number of carbonyl (C=O) groups excluding carboxylic acids is 1. The Labute approximate surface area is 92.3 Å². The van der Waals surface area contributed by atoms with E-state index in [4.69, 9.17) is 0 Å². The quantitative estimate of drug-likeness (QED) is 0.730. The summed E-state index contributed by atoms with van der Waals surface area (Å²) in [5.41, 5.74) is -0.560. The fourth-order valence-electron chi connectivity index (χ4n) is 1.79. The van der Waals surface area contributed by atoms with Crippen LogP contribution in [0.4, 0.5) is 0 Å². The van der Waals surface area contributed by atoms with Crippen molar-refractivity contribution >= 4 is 5.91 Å². The van der Waals surface area contributed by atoms with Gasteiger partial charge in [0.2, 0.25) is 5.91 Å². The van der Waals surface area contributed by atoms with Crippen LogP contribution in [0.5, 0.6) is 0 Å². The monoisotopic (exact) mass is 213 g/mol. The molecule has 0 bridgehead atoms. The Kier molecular flexibility index (Phi) is 3.44. The lowest BCUT2D eigenvalue weighted by molar-refractivity contribution is -0.124. The van der Waals surface area contributed by atoms with Gasteiger partial charge >= 0.3 is 0 Å². The summed E-state index contributed by atoms with van der Waals surface area (Å²) in [5, 5.41) is 12.8. The van der Waals surface area contributed by atoms with Crippen LogP contribution in [0.25, 0.3) is 0 Å². The minimum atomic E-state index is -0.727. The van der Waals surface area contributed by atoms with Crippen molar-refractivity contribution in [1.29, 1.82) is 0 Å². The molecule has 3 heteroatoms. The van der Waals surface area contributed by atoms with Gasteiger partial charge in [-0.15, -0.1) is 0 Å². The predicted molar refractivity (Wildman–Crippen MR) is 60.4 cm³/mol. The number of amides is 1. The first kappa shape index (κ1) is 12.5. The van der Waals surface area contributed by atoms with Crippen LogP contribution in [0.1, 0.15) is 47.0 Å². The highest BCUT2D eigenvalue weighted by Crippen LogP contribution is 2.51. The Morgan fingerprint density at radius 1 is 1.47 bits per heavy atom. The number of hydrogen-bond donors (Lipinski definition) is 2. The molecular formula is C12H23NO2. The Morgan fingerprint density at radius 2 is 1.93 bits per heavy atom. The molecule has 1 aliphatic rings. The second-order valence-electron chi connectivity index (χ2n) is 5.39. The molecule has 0 aromatic heterocycles. The predicted octanol–water partition coefficient (Wildman–Crippen LogP) is 1.70. The topological polar surface area (TPSA) is 49.3 Å². The van der Waals surface area contributed by atoms with E-state index < -0.39 is 5.60 Å². The van der Waals surface area contributed by atoms with Crippen molar-refractivity contribution in [3.8, 4) is 0 Å². The van der Waals surface area contributed by atoms with Gasteiger partial charge in [0.15, 0.2) is 0 Å². The molecule has 2 N–H and O–H groups in total. The smallest absolute Gasteiger partial charge is 0.223 e. The lowest BCUT2D eigenvalue weighted by Crippen LogP contribution is -2.42. The number of rotatable bonds is 5. The van der Waals surface area contributed by atoms with Gasteiger partial charge in [0.05, 0.1) is 5.60 Å². The first-order valence-electron chi connectivity index (χ1n) is 5.85. The summed E-state index contributed by atoms with van der Waals surface area (Å²) in [5.74, 6) is 0.246. The summed E-state index contributed by atoms with van der Waals surface area (Å²) in [6.45, 7) is 8.46. The summed E-state index contributed by atoms with van der Waals surface area (Å²) in [6, 6.07) is 0. The van der Waals surface area contributed by atoms with E-state index >= 15 is 0 Å². The maximum absolute atomic E-state index is 11.7. The van der Waals surface area contributed by atoms with Crippen LogP contribution < -0.4 is 5.32 Å². The second-order valence-corrected chi connectivity index (χ2v) is 5.39. The average molecular weight is 213 g/mol. The molecule has 0 aliphatic heterocycles. The summed E-state index contributed by atoms with van der Waals surface area (Å²) in [7, 11) is 0. The maximum Gasteiger partial charge on any atom is 0.223 e. The zero-order valence-corrected chi connectivity index (χ0v) is 10.3. The number of aliphatic hydroxyl groups is 1. The average Bonchev–Trinajstić information content (AvgIpc) is 2.84. The first-order chi connectivity index (χ1) is 6.84. The van der Waals surface area contributed by atoms with Crippen LogP contribution >= 0.6 is 0 Å². The molecule has 0 heterocycles. The number of hydrogen-bond acceptors (Lipinski definition) is 2. The number of carbonyl (C=O) groups is 1. The minimum absolute atomic E-state index is 0.0975. The highest BCUT2D eigenvalue weighted by molar-refractivity contribution is 5.82. The fourth-order valence-corrected chi connectivity index (χ4v) is 1.79. The standard InChI is InChI=1S/C12H23NO2/c1-5-12(15,6-2)8-13-10(14)9-7-11(9,3)4/h9,15H,5-8H2,1-4H3,(H,13,14). The van der Waals surface area contributed by atoms with Crippen molar-refractivity contribution in [1.82, 2.24) is 5.32 Å². The molecule has 1 atom stereocenters.